The molecule has 0 saturated carbocycles. The van der Waals surface area contributed by atoms with Crippen molar-refractivity contribution in [3.8, 4) is 11.5 Å². The number of sulfonamides is 1. The summed E-state index contributed by atoms with van der Waals surface area (Å²) < 4.78 is 38.9. The van der Waals surface area contributed by atoms with Crippen LogP contribution in [0.3, 0.4) is 0 Å². The lowest BCUT2D eigenvalue weighted by atomic mass is 10.1. The van der Waals surface area contributed by atoms with E-state index in [1.54, 1.807) is 43.5 Å². The summed E-state index contributed by atoms with van der Waals surface area (Å²) in [7, 11) is -0.914. The predicted molar refractivity (Wildman–Crippen MR) is 138 cm³/mol. The van der Waals surface area contributed by atoms with Crippen LogP contribution in [0.5, 0.6) is 11.5 Å². The summed E-state index contributed by atoms with van der Waals surface area (Å²) in [5, 5.41) is 2.85. The van der Waals surface area contributed by atoms with Gasteiger partial charge in [0.2, 0.25) is 5.91 Å². The van der Waals surface area contributed by atoms with E-state index in [1.807, 2.05) is 44.2 Å². The Morgan fingerprint density at radius 2 is 1.54 bits per heavy atom. The molecule has 186 valence electrons. The van der Waals surface area contributed by atoms with Crippen molar-refractivity contribution >= 4 is 21.6 Å². The van der Waals surface area contributed by atoms with E-state index in [9.17, 15) is 13.2 Å². The molecule has 3 aromatic rings. The third-order valence-electron chi connectivity index (χ3n) is 5.62. The van der Waals surface area contributed by atoms with Crippen LogP contribution in [0.1, 0.15) is 23.1 Å². The monoisotopic (exact) mass is 496 g/mol. The standard InChI is InChI=1S/C27H32N2O5S/c1-20-7-14-24(15-8-20)35(31,32)29(25-18-21(2)9-16-26(25)34-4)19-27(30)28-17-5-6-22-10-12-23(33-3)13-11-22/h7-16,18H,5-6,17,19H2,1-4H3,(H,28,30). The second-order valence-electron chi connectivity index (χ2n) is 8.30. The van der Waals surface area contributed by atoms with Gasteiger partial charge in [0.05, 0.1) is 24.8 Å². The van der Waals surface area contributed by atoms with Crippen molar-refractivity contribution in [1.29, 1.82) is 0 Å². The first kappa shape index (κ1) is 26.1. The van der Waals surface area contributed by atoms with Gasteiger partial charge >= 0.3 is 0 Å². The van der Waals surface area contributed by atoms with E-state index in [1.165, 1.54) is 7.11 Å². The summed E-state index contributed by atoms with van der Waals surface area (Å²) in [6, 6.07) is 19.6. The Balaban J connectivity index is 1.76. The Morgan fingerprint density at radius 3 is 2.17 bits per heavy atom. The van der Waals surface area contributed by atoms with Crippen molar-refractivity contribution in [2.75, 3.05) is 31.6 Å². The lowest BCUT2D eigenvalue weighted by Gasteiger charge is -2.26. The molecule has 35 heavy (non-hydrogen) atoms. The number of benzene rings is 3. The number of carbonyl (C=O) groups excluding carboxylic acids is 1. The summed E-state index contributed by atoms with van der Waals surface area (Å²) in [6.45, 7) is 3.81. The minimum atomic E-state index is -4.01. The zero-order valence-corrected chi connectivity index (χ0v) is 21.4. The zero-order chi connectivity index (χ0) is 25.4. The Bertz CT molecular complexity index is 1240. The summed E-state index contributed by atoms with van der Waals surface area (Å²) in [5.74, 6) is 0.779. The molecule has 0 saturated heterocycles. The number of ether oxygens (including phenoxy) is 2. The Morgan fingerprint density at radius 1 is 0.886 bits per heavy atom. The Labute approximate surface area is 207 Å². The summed E-state index contributed by atoms with van der Waals surface area (Å²) >= 11 is 0. The number of carbonyl (C=O) groups is 1. The fraction of sp³-hybridized carbons (Fsp3) is 0.296. The van der Waals surface area contributed by atoms with E-state index in [0.717, 1.165) is 39.6 Å². The molecule has 0 aromatic heterocycles. The Kier molecular flexibility index (Phi) is 8.76. The van der Waals surface area contributed by atoms with Gasteiger partial charge in [0.25, 0.3) is 10.0 Å². The maximum Gasteiger partial charge on any atom is 0.264 e. The minimum absolute atomic E-state index is 0.110. The van der Waals surface area contributed by atoms with Crippen LogP contribution in [0.2, 0.25) is 0 Å². The van der Waals surface area contributed by atoms with Crippen LogP contribution in [-0.4, -0.2) is 41.6 Å². The lowest BCUT2D eigenvalue weighted by molar-refractivity contribution is -0.119. The molecule has 0 radical (unpaired) electrons. The molecule has 1 amide bonds. The maximum absolute atomic E-state index is 13.6. The van der Waals surface area contributed by atoms with Gasteiger partial charge in [0.1, 0.15) is 18.0 Å². The first-order valence-electron chi connectivity index (χ1n) is 11.4. The molecule has 0 heterocycles. The fourth-order valence-electron chi connectivity index (χ4n) is 3.63. The number of hydrogen-bond donors (Lipinski definition) is 1. The van der Waals surface area contributed by atoms with Crippen LogP contribution in [-0.2, 0) is 21.2 Å². The molecule has 0 bridgehead atoms. The quantitative estimate of drug-likeness (QED) is 0.401. The second kappa shape index (κ2) is 11.8. The molecule has 3 rings (SSSR count). The van der Waals surface area contributed by atoms with Gasteiger partial charge in [0.15, 0.2) is 0 Å². The molecule has 0 aliphatic rings. The second-order valence-corrected chi connectivity index (χ2v) is 10.2. The molecule has 0 spiro atoms. The molecule has 0 atom stereocenters. The SMILES string of the molecule is COc1ccc(CCCNC(=O)CN(c2cc(C)ccc2OC)S(=O)(=O)c2ccc(C)cc2)cc1. The van der Waals surface area contributed by atoms with Crippen molar-refractivity contribution < 1.29 is 22.7 Å². The highest BCUT2D eigenvalue weighted by molar-refractivity contribution is 7.92. The number of methoxy groups -OCH3 is 2. The van der Waals surface area contributed by atoms with Crippen molar-refractivity contribution in [2.45, 2.75) is 31.6 Å². The lowest BCUT2D eigenvalue weighted by Crippen LogP contribution is -2.41. The van der Waals surface area contributed by atoms with E-state index in [4.69, 9.17) is 9.47 Å². The van der Waals surface area contributed by atoms with Crippen LogP contribution in [0.4, 0.5) is 5.69 Å². The normalized spacial score (nSPS) is 11.1. The van der Waals surface area contributed by atoms with Crippen LogP contribution in [0.15, 0.2) is 71.6 Å². The van der Waals surface area contributed by atoms with Gasteiger partial charge in [-0.05, 0) is 74.2 Å². The molecule has 1 N–H and O–H groups in total. The van der Waals surface area contributed by atoms with Gasteiger partial charge in [-0.2, -0.15) is 0 Å². The van der Waals surface area contributed by atoms with Gasteiger partial charge in [-0.3, -0.25) is 9.10 Å². The number of amides is 1. The summed E-state index contributed by atoms with van der Waals surface area (Å²) in [4.78, 5) is 13.0. The van der Waals surface area contributed by atoms with E-state index in [0.29, 0.717) is 18.0 Å². The van der Waals surface area contributed by atoms with Gasteiger partial charge in [-0.1, -0.05) is 35.9 Å². The van der Waals surface area contributed by atoms with Crippen molar-refractivity contribution in [3.05, 3.63) is 83.4 Å². The van der Waals surface area contributed by atoms with Crippen molar-refractivity contribution in [3.63, 3.8) is 0 Å². The van der Waals surface area contributed by atoms with E-state index >= 15 is 0 Å². The van der Waals surface area contributed by atoms with Crippen LogP contribution in [0, 0.1) is 13.8 Å². The van der Waals surface area contributed by atoms with Gasteiger partial charge in [-0.15, -0.1) is 0 Å². The largest absolute Gasteiger partial charge is 0.497 e. The molecule has 0 aliphatic carbocycles. The average molecular weight is 497 g/mol. The minimum Gasteiger partial charge on any atom is -0.497 e. The summed E-state index contributed by atoms with van der Waals surface area (Å²) in [5.41, 5.74) is 3.25. The molecular formula is C27H32N2O5S. The number of nitrogens with one attached hydrogen (secondary N) is 1. The first-order valence-corrected chi connectivity index (χ1v) is 12.8. The highest BCUT2D eigenvalue weighted by Gasteiger charge is 2.29. The van der Waals surface area contributed by atoms with Gasteiger partial charge in [-0.25, -0.2) is 8.42 Å². The molecule has 0 fully saturated rings. The summed E-state index contributed by atoms with van der Waals surface area (Å²) in [6.07, 6.45) is 1.50. The molecule has 8 heteroatoms. The molecular weight excluding hydrogens is 464 g/mol. The Hall–Kier alpha value is -3.52. The number of rotatable bonds is 11. The highest BCUT2D eigenvalue weighted by atomic mass is 32.2. The number of nitrogens with zero attached hydrogens (tertiary/aromatic N) is 1. The molecule has 7 nitrogen and oxygen atoms in total. The first-order chi connectivity index (χ1) is 16.7. The fourth-order valence-corrected chi connectivity index (χ4v) is 5.05. The third kappa shape index (κ3) is 6.76. The van der Waals surface area contributed by atoms with Crippen molar-refractivity contribution in [1.82, 2.24) is 5.32 Å². The van der Waals surface area contributed by atoms with Gasteiger partial charge < -0.3 is 14.8 Å². The predicted octanol–water partition coefficient (Wildman–Crippen LogP) is 4.26. The highest BCUT2D eigenvalue weighted by Crippen LogP contribution is 2.33. The van der Waals surface area contributed by atoms with Crippen LogP contribution >= 0.6 is 0 Å². The van der Waals surface area contributed by atoms with Crippen LogP contribution < -0.4 is 19.1 Å². The zero-order valence-electron chi connectivity index (χ0n) is 20.6. The maximum atomic E-state index is 13.6. The molecule has 0 unspecified atom stereocenters. The van der Waals surface area contributed by atoms with E-state index < -0.39 is 10.0 Å². The average Bonchev–Trinajstić information content (AvgIpc) is 2.85. The topological polar surface area (TPSA) is 84.9 Å². The molecule has 3 aromatic carbocycles. The number of hydrogen-bond acceptors (Lipinski definition) is 5. The smallest absolute Gasteiger partial charge is 0.264 e. The van der Waals surface area contributed by atoms with E-state index in [-0.39, 0.29) is 17.3 Å². The van der Waals surface area contributed by atoms with Crippen molar-refractivity contribution in [2.24, 2.45) is 0 Å². The third-order valence-corrected chi connectivity index (χ3v) is 7.40. The van der Waals surface area contributed by atoms with E-state index in [2.05, 4.69) is 5.32 Å². The number of aryl methyl sites for hydroxylation is 3. The number of anilines is 1. The van der Waals surface area contributed by atoms with Gasteiger partial charge in [0, 0.05) is 6.54 Å². The molecule has 0 aliphatic heterocycles. The van der Waals surface area contributed by atoms with Crippen LogP contribution in [0.25, 0.3) is 0 Å².